The summed E-state index contributed by atoms with van der Waals surface area (Å²) in [5.74, 6) is -1.04. The Hall–Kier alpha value is -0.800. The van der Waals surface area contributed by atoms with E-state index >= 15 is 0 Å². The van der Waals surface area contributed by atoms with E-state index in [9.17, 15) is 9.18 Å². The van der Waals surface area contributed by atoms with E-state index < -0.39 is 11.7 Å². The van der Waals surface area contributed by atoms with E-state index in [1.165, 1.54) is 12.1 Å². The molecule has 0 aromatic heterocycles. The highest BCUT2D eigenvalue weighted by Crippen LogP contribution is 2.23. The molecular formula is C13H14Cl2FNO. The maximum absolute atomic E-state index is 13.6. The second-order valence-corrected chi connectivity index (χ2v) is 5.50. The molecule has 0 spiro atoms. The Morgan fingerprint density at radius 3 is 2.72 bits per heavy atom. The van der Waals surface area contributed by atoms with Crippen molar-refractivity contribution in [2.75, 3.05) is 0 Å². The minimum atomic E-state index is -0.609. The van der Waals surface area contributed by atoms with Crippen molar-refractivity contribution < 1.29 is 9.18 Å². The molecular weight excluding hydrogens is 276 g/mol. The van der Waals surface area contributed by atoms with Gasteiger partial charge in [-0.1, -0.05) is 24.4 Å². The summed E-state index contributed by atoms with van der Waals surface area (Å²) >= 11 is 11.8. The Morgan fingerprint density at radius 2 is 2.06 bits per heavy atom. The van der Waals surface area contributed by atoms with E-state index in [4.69, 9.17) is 23.2 Å². The molecule has 1 aliphatic rings. The first kappa shape index (κ1) is 13.6. The average molecular weight is 290 g/mol. The fourth-order valence-electron chi connectivity index (χ4n) is 2.17. The number of carbonyl (C=O) groups is 1. The van der Waals surface area contributed by atoms with Gasteiger partial charge in [-0.05, 0) is 31.0 Å². The number of rotatable bonds is 2. The first-order valence-corrected chi connectivity index (χ1v) is 6.79. The summed E-state index contributed by atoms with van der Waals surface area (Å²) in [6, 6.07) is 3.94. The lowest BCUT2D eigenvalue weighted by Gasteiger charge is -2.27. The van der Waals surface area contributed by atoms with Gasteiger partial charge in [-0.25, -0.2) is 4.39 Å². The van der Waals surface area contributed by atoms with Gasteiger partial charge in [0.05, 0.1) is 10.9 Å². The molecule has 5 heteroatoms. The van der Waals surface area contributed by atoms with Crippen molar-refractivity contribution in [1.29, 1.82) is 0 Å². The molecule has 0 bridgehead atoms. The molecule has 1 aromatic carbocycles. The third-order valence-corrected chi connectivity index (χ3v) is 3.93. The second-order valence-electron chi connectivity index (χ2n) is 4.50. The summed E-state index contributed by atoms with van der Waals surface area (Å²) in [6.45, 7) is 0. The molecule has 18 heavy (non-hydrogen) atoms. The van der Waals surface area contributed by atoms with Gasteiger partial charge in [0.25, 0.3) is 5.91 Å². The van der Waals surface area contributed by atoms with Crippen LogP contribution < -0.4 is 5.32 Å². The van der Waals surface area contributed by atoms with Crippen molar-refractivity contribution in [3.63, 3.8) is 0 Å². The molecule has 1 fully saturated rings. The van der Waals surface area contributed by atoms with Crippen LogP contribution in [0.2, 0.25) is 5.02 Å². The summed E-state index contributed by atoms with van der Waals surface area (Å²) in [5, 5.41) is 2.99. The Labute approximate surface area is 115 Å². The predicted molar refractivity (Wildman–Crippen MR) is 70.8 cm³/mol. The number of carbonyl (C=O) groups excluding carboxylic acids is 1. The molecule has 1 amide bonds. The van der Waals surface area contributed by atoms with E-state index in [1.807, 2.05) is 0 Å². The van der Waals surface area contributed by atoms with E-state index in [0.29, 0.717) is 0 Å². The van der Waals surface area contributed by atoms with Crippen LogP contribution >= 0.6 is 23.2 Å². The summed E-state index contributed by atoms with van der Waals surface area (Å²) in [6.07, 6.45) is 3.85. The summed E-state index contributed by atoms with van der Waals surface area (Å²) in [4.78, 5) is 11.9. The number of benzene rings is 1. The molecule has 1 saturated carbocycles. The Bertz CT molecular complexity index is 453. The fourth-order valence-corrected chi connectivity index (χ4v) is 2.67. The largest absolute Gasteiger partial charge is 0.348 e. The van der Waals surface area contributed by atoms with Crippen LogP contribution in [0.5, 0.6) is 0 Å². The number of alkyl halides is 1. The van der Waals surface area contributed by atoms with Crippen LogP contribution in [0.25, 0.3) is 0 Å². The molecule has 0 heterocycles. The fraction of sp³-hybridized carbons (Fsp3) is 0.462. The zero-order valence-corrected chi connectivity index (χ0v) is 11.3. The SMILES string of the molecule is O=C(NC1CCCCC1Cl)c1ccc(Cl)cc1F. The van der Waals surface area contributed by atoms with Crippen LogP contribution in [0.15, 0.2) is 18.2 Å². The van der Waals surface area contributed by atoms with Crippen molar-refractivity contribution in [3.05, 3.63) is 34.6 Å². The zero-order valence-electron chi connectivity index (χ0n) is 9.76. The van der Waals surface area contributed by atoms with E-state index in [2.05, 4.69) is 5.32 Å². The lowest BCUT2D eigenvalue weighted by molar-refractivity contribution is 0.0924. The molecule has 2 unspecified atom stereocenters. The van der Waals surface area contributed by atoms with Crippen LogP contribution in [-0.4, -0.2) is 17.3 Å². The summed E-state index contributed by atoms with van der Waals surface area (Å²) < 4.78 is 13.6. The van der Waals surface area contributed by atoms with Crippen molar-refractivity contribution >= 4 is 29.1 Å². The van der Waals surface area contributed by atoms with Gasteiger partial charge < -0.3 is 5.32 Å². The van der Waals surface area contributed by atoms with Crippen molar-refractivity contribution in [2.45, 2.75) is 37.1 Å². The van der Waals surface area contributed by atoms with Gasteiger partial charge in [0, 0.05) is 11.1 Å². The van der Waals surface area contributed by atoms with Gasteiger partial charge in [-0.15, -0.1) is 11.6 Å². The second kappa shape index (κ2) is 5.89. The summed E-state index contributed by atoms with van der Waals surface area (Å²) in [7, 11) is 0. The van der Waals surface area contributed by atoms with Gasteiger partial charge in [-0.2, -0.15) is 0 Å². The highest BCUT2D eigenvalue weighted by Gasteiger charge is 2.25. The molecule has 2 rings (SSSR count). The number of halogens is 3. The number of hydrogen-bond acceptors (Lipinski definition) is 1. The quantitative estimate of drug-likeness (QED) is 0.826. The topological polar surface area (TPSA) is 29.1 Å². The van der Waals surface area contributed by atoms with Crippen LogP contribution in [0.1, 0.15) is 36.0 Å². The molecule has 1 aliphatic carbocycles. The number of hydrogen-bond donors (Lipinski definition) is 1. The molecule has 98 valence electrons. The number of nitrogens with one attached hydrogen (secondary N) is 1. The smallest absolute Gasteiger partial charge is 0.254 e. The first-order valence-electron chi connectivity index (χ1n) is 5.98. The summed E-state index contributed by atoms with van der Waals surface area (Å²) in [5.41, 5.74) is 0.00819. The Kier molecular flexibility index (Phi) is 4.46. The van der Waals surface area contributed by atoms with Gasteiger partial charge >= 0.3 is 0 Å². The minimum absolute atomic E-state index is 0.00819. The molecule has 2 nitrogen and oxygen atoms in total. The van der Waals surface area contributed by atoms with Crippen LogP contribution in [0.3, 0.4) is 0 Å². The molecule has 0 saturated heterocycles. The standard InChI is InChI=1S/C13H14Cl2FNO/c14-8-5-6-9(11(16)7-8)13(18)17-12-4-2-1-3-10(12)15/h5-7,10,12H,1-4H2,(H,17,18). The lowest BCUT2D eigenvalue weighted by atomic mass is 9.94. The minimum Gasteiger partial charge on any atom is -0.348 e. The highest BCUT2D eigenvalue weighted by atomic mass is 35.5. The Balaban J connectivity index is 2.07. The van der Waals surface area contributed by atoms with Gasteiger partial charge in [0.15, 0.2) is 0 Å². The maximum atomic E-state index is 13.6. The third-order valence-electron chi connectivity index (χ3n) is 3.17. The van der Waals surface area contributed by atoms with Crippen molar-refractivity contribution in [1.82, 2.24) is 5.32 Å². The van der Waals surface area contributed by atoms with Crippen LogP contribution in [0, 0.1) is 5.82 Å². The molecule has 1 aromatic rings. The zero-order chi connectivity index (χ0) is 13.1. The predicted octanol–water partition coefficient (Wildman–Crippen LogP) is 3.76. The van der Waals surface area contributed by atoms with Gasteiger partial charge in [0.2, 0.25) is 0 Å². The molecule has 2 atom stereocenters. The van der Waals surface area contributed by atoms with E-state index in [1.54, 1.807) is 0 Å². The monoisotopic (exact) mass is 289 g/mol. The lowest BCUT2D eigenvalue weighted by Crippen LogP contribution is -2.43. The number of amides is 1. The molecule has 0 radical (unpaired) electrons. The highest BCUT2D eigenvalue weighted by molar-refractivity contribution is 6.30. The van der Waals surface area contributed by atoms with Crippen LogP contribution in [-0.2, 0) is 0 Å². The van der Waals surface area contributed by atoms with Gasteiger partial charge in [0.1, 0.15) is 5.82 Å². The molecule has 1 N–H and O–H groups in total. The van der Waals surface area contributed by atoms with Crippen LogP contribution in [0.4, 0.5) is 4.39 Å². The average Bonchev–Trinajstić information content (AvgIpc) is 2.32. The first-order chi connectivity index (χ1) is 8.58. The van der Waals surface area contributed by atoms with E-state index in [-0.39, 0.29) is 22.0 Å². The van der Waals surface area contributed by atoms with E-state index in [0.717, 1.165) is 31.7 Å². The van der Waals surface area contributed by atoms with Crippen molar-refractivity contribution in [3.8, 4) is 0 Å². The Morgan fingerprint density at radius 1 is 1.33 bits per heavy atom. The third kappa shape index (κ3) is 3.15. The normalized spacial score (nSPS) is 23.7. The maximum Gasteiger partial charge on any atom is 0.254 e. The van der Waals surface area contributed by atoms with Crippen molar-refractivity contribution in [2.24, 2.45) is 0 Å². The molecule has 0 aliphatic heterocycles. The van der Waals surface area contributed by atoms with Gasteiger partial charge in [-0.3, -0.25) is 4.79 Å².